The molecule has 1 N–H and O–H groups in total. The molecule has 0 radical (unpaired) electrons. The number of aliphatic hydroxyl groups excluding tert-OH is 1. The van der Waals surface area contributed by atoms with Gasteiger partial charge < -0.3 is 9.84 Å². The van der Waals surface area contributed by atoms with Gasteiger partial charge in [0.2, 0.25) is 0 Å². The third-order valence-corrected chi connectivity index (χ3v) is 4.03. The highest BCUT2D eigenvalue weighted by Gasteiger charge is 2.35. The minimum atomic E-state index is -0.662. The average molecular weight is 259 g/mol. The molecule has 0 fully saturated rings. The Kier molecular flexibility index (Phi) is 4.17. The van der Waals surface area contributed by atoms with Crippen LogP contribution in [-0.2, 0) is 4.74 Å². The Labute approximate surface area is 114 Å². The molecule has 0 aliphatic heterocycles. The number of methoxy groups -OCH3 is 1. The fraction of sp³-hybridized carbons (Fsp3) is 0.438. The fourth-order valence-electron chi connectivity index (χ4n) is 2.58. The number of hydrogen-bond donors (Lipinski definition) is 1. The van der Waals surface area contributed by atoms with Crippen molar-refractivity contribution in [3.05, 3.63) is 42.1 Å². The zero-order valence-electron chi connectivity index (χ0n) is 11.8. The van der Waals surface area contributed by atoms with Crippen LogP contribution < -0.4 is 0 Å². The van der Waals surface area contributed by atoms with Crippen LogP contribution in [0.15, 0.2) is 36.5 Å². The predicted octanol–water partition coefficient (Wildman–Crippen LogP) is 3.47. The molecule has 0 amide bonds. The normalized spacial score (nSPS) is 13.7. The lowest BCUT2D eigenvalue weighted by molar-refractivity contribution is -0.109. The van der Waals surface area contributed by atoms with Crippen molar-refractivity contribution in [1.29, 1.82) is 0 Å². The first-order chi connectivity index (χ1) is 9.16. The standard InChI is InChI=1S/C16H21NO2/c1-4-16(5-2,19-3)15(18)13-10-12-8-6-7-9-14(12)17-11-13/h6-11,15,18H,4-5H2,1-3H3. The third kappa shape index (κ3) is 2.48. The Morgan fingerprint density at radius 2 is 1.95 bits per heavy atom. The van der Waals surface area contributed by atoms with Gasteiger partial charge in [0.1, 0.15) is 6.10 Å². The number of benzene rings is 1. The van der Waals surface area contributed by atoms with Crippen LogP contribution >= 0.6 is 0 Å². The average Bonchev–Trinajstić information content (AvgIpc) is 2.49. The predicted molar refractivity (Wildman–Crippen MR) is 77.0 cm³/mol. The molecule has 0 saturated carbocycles. The van der Waals surface area contributed by atoms with E-state index in [2.05, 4.69) is 4.98 Å². The molecular weight excluding hydrogens is 238 g/mol. The summed E-state index contributed by atoms with van der Waals surface area (Å²) in [6.45, 7) is 4.06. The number of para-hydroxylation sites is 1. The van der Waals surface area contributed by atoms with Crippen LogP contribution in [0, 0.1) is 0 Å². The van der Waals surface area contributed by atoms with E-state index in [1.807, 2.05) is 44.2 Å². The maximum Gasteiger partial charge on any atom is 0.109 e. The van der Waals surface area contributed by atoms with Gasteiger partial charge in [-0.3, -0.25) is 4.98 Å². The van der Waals surface area contributed by atoms with Gasteiger partial charge in [-0.1, -0.05) is 32.0 Å². The maximum absolute atomic E-state index is 10.6. The second-order valence-corrected chi connectivity index (χ2v) is 4.84. The van der Waals surface area contributed by atoms with Crippen molar-refractivity contribution < 1.29 is 9.84 Å². The number of aliphatic hydroxyl groups is 1. The Morgan fingerprint density at radius 3 is 2.58 bits per heavy atom. The number of pyridine rings is 1. The Bertz CT molecular complexity index is 541. The summed E-state index contributed by atoms with van der Waals surface area (Å²) in [5, 5.41) is 11.7. The monoisotopic (exact) mass is 259 g/mol. The van der Waals surface area contributed by atoms with E-state index in [0.717, 1.165) is 29.3 Å². The van der Waals surface area contributed by atoms with E-state index in [4.69, 9.17) is 4.74 Å². The SMILES string of the molecule is CCC(CC)(OC)C(O)c1cnc2ccccc2c1. The molecule has 2 rings (SSSR count). The summed E-state index contributed by atoms with van der Waals surface area (Å²) in [5.74, 6) is 0. The molecule has 3 nitrogen and oxygen atoms in total. The Balaban J connectivity index is 2.43. The second-order valence-electron chi connectivity index (χ2n) is 4.84. The first kappa shape index (κ1) is 14.0. The van der Waals surface area contributed by atoms with Gasteiger partial charge in [0.05, 0.1) is 11.1 Å². The molecule has 0 aliphatic carbocycles. The van der Waals surface area contributed by atoms with E-state index in [0.29, 0.717) is 0 Å². The first-order valence-electron chi connectivity index (χ1n) is 6.74. The van der Waals surface area contributed by atoms with E-state index < -0.39 is 11.7 Å². The quantitative estimate of drug-likeness (QED) is 0.894. The summed E-state index contributed by atoms with van der Waals surface area (Å²) < 4.78 is 5.59. The summed E-state index contributed by atoms with van der Waals surface area (Å²) in [7, 11) is 1.66. The Morgan fingerprint density at radius 1 is 1.26 bits per heavy atom. The van der Waals surface area contributed by atoms with Crippen LogP contribution in [-0.4, -0.2) is 22.8 Å². The van der Waals surface area contributed by atoms with E-state index in [1.165, 1.54) is 0 Å². The van der Waals surface area contributed by atoms with Gasteiger partial charge in [0.15, 0.2) is 0 Å². The topological polar surface area (TPSA) is 42.4 Å². The highest BCUT2D eigenvalue weighted by molar-refractivity contribution is 5.78. The van der Waals surface area contributed by atoms with Gasteiger partial charge in [-0.25, -0.2) is 0 Å². The van der Waals surface area contributed by atoms with Crippen molar-refractivity contribution in [1.82, 2.24) is 4.98 Å². The lowest BCUT2D eigenvalue weighted by Crippen LogP contribution is -2.37. The summed E-state index contributed by atoms with van der Waals surface area (Å²) >= 11 is 0. The van der Waals surface area contributed by atoms with Crippen molar-refractivity contribution >= 4 is 10.9 Å². The number of fused-ring (bicyclic) bond motifs is 1. The zero-order valence-corrected chi connectivity index (χ0v) is 11.8. The molecule has 0 bridgehead atoms. The van der Waals surface area contributed by atoms with Crippen LogP contribution in [0.25, 0.3) is 10.9 Å². The van der Waals surface area contributed by atoms with Crippen molar-refractivity contribution in [3.8, 4) is 0 Å². The van der Waals surface area contributed by atoms with Gasteiger partial charge in [-0.2, -0.15) is 0 Å². The van der Waals surface area contributed by atoms with E-state index in [9.17, 15) is 5.11 Å². The van der Waals surface area contributed by atoms with Gasteiger partial charge in [-0.05, 0) is 25.0 Å². The number of rotatable bonds is 5. The fourth-order valence-corrected chi connectivity index (χ4v) is 2.58. The summed E-state index contributed by atoms with van der Waals surface area (Å²) in [5.41, 5.74) is 1.21. The molecule has 1 aromatic heterocycles. The number of hydrogen-bond acceptors (Lipinski definition) is 3. The molecule has 19 heavy (non-hydrogen) atoms. The van der Waals surface area contributed by atoms with Gasteiger partial charge in [-0.15, -0.1) is 0 Å². The largest absolute Gasteiger partial charge is 0.385 e. The smallest absolute Gasteiger partial charge is 0.109 e. The zero-order chi connectivity index (χ0) is 13.9. The molecule has 1 heterocycles. The number of nitrogens with zero attached hydrogens (tertiary/aromatic N) is 1. The van der Waals surface area contributed by atoms with Crippen molar-refractivity contribution in [2.24, 2.45) is 0 Å². The summed E-state index contributed by atoms with van der Waals surface area (Å²) in [4.78, 5) is 4.40. The summed E-state index contributed by atoms with van der Waals surface area (Å²) in [6, 6.07) is 9.90. The van der Waals surface area contributed by atoms with Gasteiger partial charge in [0, 0.05) is 24.3 Å². The van der Waals surface area contributed by atoms with E-state index in [-0.39, 0.29) is 0 Å². The highest BCUT2D eigenvalue weighted by atomic mass is 16.5. The van der Waals surface area contributed by atoms with Crippen LogP contribution in [0.2, 0.25) is 0 Å². The molecule has 0 aliphatic rings. The van der Waals surface area contributed by atoms with Crippen LogP contribution in [0.4, 0.5) is 0 Å². The van der Waals surface area contributed by atoms with Crippen LogP contribution in [0.5, 0.6) is 0 Å². The maximum atomic E-state index is 10.6. The summed E-state index contributed by atoms with van der Waals surface area (Å²) in [6.07, 6.45) is 2.60. The molecule has 0 saturated heterocycles. The first-order valence-corrected chi connectivity index (χ1v) is 6.74. The van der Waals surface area contributed by atoms with Crippen molar-refractivity contribution in [2.75, 3.05) is 7.11 Å². The molecular formula is C16H21NO2. The molecule has 1 atom stereocenters. The molecule has 1 aromatic carbocycles. The van der Waals surface area contributed by atoms with Gasteiger partial charge in [0.25, 0.3) is 0 Å². The number of aromatic nitrogens is 1. The van der Waals surface area contributed by atoms with Crippen LogP contribution in [0.3, 0.4) is 0 Å². The lowest BCUT2D eigenvalue weighted by Gasteiger charge is -2.35. The van der Waals surface area contributed by atoms with Crippen molar-refractivity contribution in [3.63, 3.8) is 0 Å². The van der Waals surface area contributed by atoms with Crippen LogP contribution in [0.1, 0.15) is 38.4 Å². The number of ether oxygens (including phenoxy) is 1. The second kappa shape index (κ2) is 5.68. The molecule has 2 aromatic rings. The van der Waals surface area contributed by atoms with Gasteiger partial charge >= 0.3 is 0 Å². The van der Waals surface area contributed by atoms with Crippen molar-refractivity contribution in [2.45, 2.75) is 38.4 Å². The molecule has 3 heteroatoms. The lowest BCUT2D eigenvalue weighted by atomic mass is 9.86. The highest BCUT2D eigenvalue weighted by Crippen LogP contribution is 2.35. The van der Waals surface area contributed by atoms with E-state index >= 15 is 0 Å². The Hall–Kier alpha value is -1.45. The minimum Gasteiger partial charge on any atom is -0.385 e. The minimum absolute atomic E-state index is 0.538. The molecule has 102 valence electrons. The van der Waals surface area contributed by atoms with E-state index in [1.54, 1.807) is 13.3 Å². The third-order valence-electron chi connectivity index (χ3n) is 4.03. The molecule has 0 spiro atoms. The molecule has 1 unspecified atom stereocenters.